The fraction of sp³-hybridized carbons (Fsp3) is 0.222. The maximum absolute atomic E-state index is 12.5. The van der Waals surface area contributed by atoms with Gasteiger partial charge in [-0.15, -0.1) is 0 Å². The molecule has 1 saturated heterocycles. The highest BCUT2D eigenvalue weighted by Gasteiger charge is 2.22. The SMILES string of the molecule is O=c1cc(N2CCOCC2)cc(-c2cccc3c2Oc2ccc(NCc4cncnc4)cc2C3)[nH]1. The van der Waals surface area contributed by atoms with Crippen LogP contribution in [0, 0.1) is 0 Å². The van der Waals surface area contributed by atoms with Gasteiger partial charge in [-0.1, -0.05) is 12.1 Å². The molecule has 0 atom stereocenters. The highest BCUT2D eigenvalue weighted by atomic mass is 16.5. The van der Waals surface area contributed by atoms with Gasteiger partial charge in [0.05, 0.1) is 18.9 Å². The van der Waals surface area contributed by atoms with Gasteiger partial charge < -0.3 is 24.7 Å². The number of nitrogens with zero attached hydrogens (tertiary/aromatic N) is 3. The van der Waals surface area contributed by atoms with Crippen molar-refractivity contribution in [2.75, 3.05) is 36.5 Å². The molecule has 8 heteroatoms. The first-order valence-corrected chi connectivity index (χ1v) is 11.7. The Morgan fingerprint density at radius 3 is 2.71 bits per heavy atom. The number of nitrogens with one attached hydrogen (secondary N) is 2. The van der Waals surface area contributed by atoms with Crippen molar-refractivity contribution in [3.8, 4) is 22.8 Å². The Bertz CT molecular complexity index is 1410. The minimum atomic E-state index is -0.127. The number of aromatic nitrogens is 3. The van der Waals surface area contributed by atoms with E-state index in [4.69, 9.17) is 9.47 Å². The van der Waals surface area contributed by atoms with Gasteiger partial charge in [-0.2, -0.15) is 0 Å². The molecule has 0 saturated carbocycles. The van der Waals surface area contributed by atoms with E-state index in [2.05, 4.69) is 37.3 Å². The summed E-state index contributed by atoms with van der Waals surface area (Å²) in [5.41, 5.74) is 6.64. The molecule has 0 amide bonds. The van der Waals surface area contributed by atoms with Crippen molar-refractivity contribution in [2.24, 2.45) is 0 Å². The second-order valence-corrected chi connectivity index (χ2v) is 8.71. The molecule has 8 nitrogen and oxygen atoms in total. The van der Waals surface area contributed by atoms with Crippen LogP contribution in [0.1, 0.15) is 16.7 Å². The van der Waals surface area contributed by atoms with Gasteiger partial charge in [-0.05, 0) is 35.9 Å². The molecule has 0 spiro atoms. The Labute approximate surface area is 202 Å². The van der Waals surface area contributed by atoms with Crippen molar-refractivity contribution < 1.29 is 9.47 Å². The van der Waals surface area contributed by atoms with Crippen molar-refractivity contribution in [2.45, 2.75) is 13.0 Å². The monoisotopic (exact) mass is 467 g/mol. The van der Waals surface area contributed by atoms with Crippen LogP contribution in [0.2, 0.25) is 0 Å². The van der Waals surface area contributed by atoms with Gasteiger partial charge in [0.1, 0.15) is 17.8 Å². The van der Waals surface area contributed by atoms with Crippen LogP contribution in [-0.2, 0) is 17.7 Å². The minimum Gasteiger partial charge on any atom is -0.456 e. The van der Waals surface area contributed by atoms with Crippen molar-refractivity contribution >= 4 is 11.4 Å². The van der Waals surface area contributed by atoms with Gasteiger partial charge in [0.2, 0.25) is 5.56 Å². The Morgan fingerprint density at radius 1 is 1.00 bits per heavy atom. The molecular weight excluding hydrogens is 442 g/mol. The van der Waals surface area contributed by atoms with Crippen LogP contribution < -0.4 is 20.5 Å². The number of rotatable bonds is 5. The first-order valence-electron chi connectivity index (χ1n) is 11.7. The number of pyridine rings is 1. The summed E-state index contributed by atoms with van der Waals surface area (Å²) in [6, 6.07) is 15.9. The number of aromatic amines is 1. The number of benzene rings is 2. The molecule has 2 N–H and O–H groups in total. The maximum Gasteiger partial charge on any atom is 0.250 e. The summed E-state index contributed by atoms with van der Waals surface area (Å²) in [5, 5.41) is 3.43. The molecule has 0 unspecified atom stereocenters. The molecule has 0 aliphatic carbocycles. The van der Waals surface area contributed by atoms with Gasteiger partial charge in [-0.25, -0.2) is 9.97 Å². The lowest BCUT2D eigenvalue weighted by atomic mass is 9.96. The smallest absolute Gasteiger partial charge is 0.250 e. The van der Waals surface area contributed by atoms with Crippen LogP contribution in [0.3, 0.4) is 0 Å². The number of para-hydroxylation sites is 1. The summed E-state index contributed by atoms with van der Waals surface area (Å²) in [5.74, 6) is 1.61. The minimum absolute atomic E-state index is 0.127. The summed E-state index contributed by atoms with van der Waals surface area (Å²) in [4.78, 5) is 25.8. The van der Waals surface area contributed by atoms with E-state index in [1.54, 1.807) is 18.5 Å². The predicted octanol–water partition coefficient (Wildman–Crippen LogP) is 3.98. The standard InChI is InChI=1S/C27H25N5O3/c33-26-13-22(32-6-8-34-9-7-32)12-24(31-26)23-3-1-2-19-10-20-11-21(4-5-25(20)35-27(19)23)30-16-18-14-28-17-29-15-18/h1-5,11-15,17,30H,6-10,16H2,(H,31,33). The molecule has 2 aromatic heterocycles. The number of anilines is 2. The Hall–Kier alpha value is -4.17. The van der Waals surface area contributed by atoms with E-state index in [-0.39, 0.29) is 5.56 Å². The zero-order chi connectivity index (χ0) is 23.6. The summed E-state index contributed by atoms with van der Waals surface area (Å²) in [6.45, 7) is 3.52. The van der Waals surface area contributed by atoms with E-state index in [1.807, 2.05) is 30.3 Å². The number of morpholine rings is 1. The maximum atomic E-state index is 12.5. The van der Waals surface area contributed by atoms with E-state index in [9.17, 15) is 4.79 Å². The summed E-state index contributed by atoms with van der Waals surface area (Å²) < 4.78 is 11.9. The number of fused-ring (bicyclic) bond motifs is 2. The number of ether oxygens (including phenoxy) is 2. The molecule has 0 bridgehead atoms. The molecule has 2 aromatic carbocycles. The van der Waals surface area contributed by atoms with Crippen LogP contribution in [0.5, 0.6) is 11.5 Å². The van der Waals surface area contributed by atoms with Crippen LogP contribution >= 0.6 is 0 Å². The van der Waals surface area contributed by atoms with E-state index >= 15 is 0 Å². The van der Waals surface area contributed by atoms with Crippen LogP contribution in [-0.4, -0.2) is 41.3 Å². The molecule has 0 radical (unpaired) electrons. The quantitative estimate of drug-likeness (QED) is 0.404. The third-order valence-corrected chi connectivity index (χ3v) is 6.36. The molecule has 4 aromatic rings. The van der Waals surface area contributed by atoms with Crippen molar-refractivity contribution in [3.05, 3.63) is 94.3 Å². The van der Waals surface area contributed by atoms with Gasteiger partial charge in [0, 0.05) is 72.6 Å². The zero-order valence-electron chi connectivity index (χ0n) is 19.2. The fourth-order valence-electron chi connectivity index (χ4n) is 4.60. The molecule has 2 aliphatic heterocycles. The molecular formula is C27H25N5O3. The first-order chi connectivity index (χ1) is 17.2. The predicted molar refractivity (Wildman–Crippen MR) is 134 cm³/mol. The van der Waals surface area contributed by atoms with Crippen LogP contribution in [0.15, 0.2) is 72.0 Å². The zero-order valence-corrected chi connectivity index (χ0v) is 19.2. The molecule has 35 heavy (non-hydrogen) atoms. The van der Waals surface area contributed by atoms with Gasteiger partial charge in [0.15, 0.2) is 0 Å². The Morgan fingerprint density at radius 2 is 1.86 bits per heavy atom. The number of hydrogen-bond donors (Lipinski definition) is 2. The topological polar surface area (TPSA) is 92.4 Å². The van der Waals surface area contributed by atoms with Gasteiger partial charge in [0.25, 0.3) is 0 Å². The average molecular weight is 468 g/mol. The fourth-order valence-corrected chi connectivity index (χ4v) is 4.60. The summed E-state index contributed by atoms with van der Waals surface area (Å²) >= 11 is 0. The first kappa shape index (κ1) is 21.4. The third kappa shape index (κ3) is 4.48. The summed E-state index contributed by atoms with van der Waals surface area (Å²) in [6.07, 6.45) is 5.88. The molecule has 4 heterocycles. The number of hydrogen-bond acceptors (Lipinski definition) is 7. The van der Waals surface area contributed by atoms with Crippen LogP contribution in [0.25, 0.3) is 11.3 Å². The lowest BCUT2D eigenvalue weighted by Crippen LogP contribution is -2.36. The van der Waals surface area contributed by atoms with Crippen molar-refractivity contribution in [3.63, 3.8) is 0 Å². The average Bonchev–Trinajstić information content (AvgIpc) is 2.91. The normalized spacial score (nSPS) is 14.6. The third-order valence-electron chi connectivity index (χ3n) is 6.36. The second-order valence-electron chi connectivity index (χ2n) is 8.71. The van der Waals surface area contributed by atoms with E-state index in [1.165, 1.54) is 6.33 Å². The van der Waals surface area contributed by atoms with Crippen molar-refractivity contribution in [1.82, 2.24) is 15.0 Å². The molecule has 176 valence electrons. The molecule has 6 rings (SSSR count). The van der Waals surface area contributed by atoms with Crippen molar-refractivity contribution in [1.29, 1.82) is 0 Å². The lowest BCUT2D eigenvalue weighted by molar-refractivity contribution is 0.122. The number of H-pyrrole nitrogens is 1. The highest BCUT2D eigenvalue weighted by molar-refractivity contribution is 5.74. The van der Waals surface area contributed by atoms with Gasteiger partial charge >= 0.3 is 0 Å². The van der Waals surface area contributed by atoms with Crippen LogP contribution in [0.4, 0.5) is 11.4 Å². The van der Waals surface area contributed by atoms with E-state index < -0.39 is 0 Å². The Kier molecular flexibility index (Phi) is 5.64. The lowest BCUT2D eigenvalue weighted by Gasteiger charge is -2.29. The molecule has 1 fully saturated rings. The Balaban J connectivity index is 1.27. The van der Waals surface area contributed by atoms with E-state index in [0.29, 0.717) is 19.8 Å². The summed E-state index contributed by atoms with van der Waals surface area (Å²) in [7, 11) is 0. The van der Waals surface area contributed by atoms with E-state index in [0.717, 1.165) is 70.3 Å². The second kappa shape index (κ2) is 9.23. The van der Waals surface area contributed by atoms with Gasteiger partial charge in [-0.3, -0.25) is 4.79 Å². The largest absolute Gasteiger partial charge is 0.456 e. The highest BCUT2D eigenvalue weighted by Crippen LogP contribution is 2.43. The molecule has 2 aliphatic rings.